The fourth-order valence-corrected chi connectivity index (χ4v) is 5.35. The van der Waals surface area contributed by atoms with E-state index in [9.17, 15) is 14.4 Å². The summed E-state index contributed by atoms with van der Waals surface area (Å²) in [6, 6.07) is 8.48. The van der Waals surface area contributed by atoms with Gasteiger partial charge in [0.25, 0.3) is 11.5 Å². The Morgan fingerprint density at radius 2 is 1.74 bits per heavy atom. The van der Waals surface area contributed by atoms with Crippen molar-refractivity contribution in [3.63, 3.8) is 0 Å². The molecule has 1 N–H and O–H groups in total. The third kappa shape index (κ3) is 5.78. The van der Waals surface area contributed by atoms with Crippen molar-refractivity contribution in [3.05, 3.63) is 63.1 Å². The molecule has 0 radical (unpaired) electrons. The molecule has 2 aromatic rings. The van der Waals surface area contributed by atoms with Gasteiger partial charge in [0, 0.05) is 17.9 Å². The number of fused-ring (bicyclic) bond motifs is 1. The first kappa shape index (κ1) is 24.2. The number of nitrogens with one attached hydrogen (secondary N) is 1. The van der Waals surface area contributed by atoms with Crippen LogP contribution in [0.1, 0.15) is 96.7 Å². The molecule has 1 fully saturated rings. The van der Waals surface area contributed by atoms with E-state index in [-0.39, 0.29) is 17.7 Å². The minimum atomic E-state index is -0.436. The second-order valence-electron chi connectivity index (χ2n) is 9.62. The van der Waals surface area contributed by atoms with Crippen molar-refractivity contribution in [1.82, 2.24) is 4.57 Å². The Kier molecular flexibility index (Phi) is 8.20. The van der Waals surface area contributed by atoms with E-state index >= 15 is 0 Å². The van der Waals surface area contributed by atoms with E-state index in [1.165, 1.54) is 32.1 Å². The average molecular weight is 465 g/mol. The number of pyridine rings is 1. The minimum Gasteiger partial charge on any atom is -0.462 e. The first-order valence-electron chi connectivity index (χ1n) is 12.9. The largest absolute Gasteiger partial charge is 0.462 e. The SMILES string of the molecule is CCOC(=O)c1cccc(NC(=O)c2cc3c(n(CC4CCCCC4)c2=O)CCCCCC3)c1. The Morgan fingerprint density at radius 1 is 1.00 bits per heavy atom. The van der Waals surface area contributed by atoms with E-state index in [1.807, 2.05) is 10.6 Å². The molecule has 2 aliphatic carbocycles. The molecule has 1 aromatic heterocycles. The number of benzene rings is 1. The van der Waals surface area contributed by atoms with Crippen LogP contribution >= 0.6 is 0 Å². The van der Waals surface area contributed by atoms with Crippen LogP contribution < -0.4 is 10.9 Å². The van der Waals surface area contributed by atoms with Gasteiger partial charge in [0.2, 0.25) is 0 Å². The maximum Gasteiger partial charge on any atom is 0.338 e. The zero-order valence-electron chi connectivity index (χ0n) is 20.2. The zero-order valence-corrected chi connectivity index (χ0v) is 20.2. The number of carbonyl (C=O) groups excluding carboxylic acids is 2. The minimum absolute atomic E-state index is 0.191. The summed E-state index contributed by atoms with van der Waals surface area (Å²) in [7, 11) is 0. The van der Waals surface area contributed by atoms with Crippen LogP contribution in [0.2, 0.25) is 0 Å². The standard InChI is InChI=1S/C28H36N2O4/c1-2-34-28(33)22-14-10-15-23(17-22)29-26(31)24-18-21-13-8-3-4-9-16-25(21)30(27(24)32)19-20-11-6-5-7-12-20/h10,14-15,17-18,20H,2-9,11-13,16,19H2,1H3,(H,29,31). The maximum absolute atomic E-state index is 13.6. The van der Waals surface area contributed by atoms with Crippen LogP contribution in [0.4, 0.5) is 5.69 Å². The molecule has 0 aliphatic heterocycles. The van der Waals surface area contributed by atoms with Crippen LogP contribution in [0.25, 0.3) is 0 Å². The van der Waals surface area contributed by atoms with E-state index in [4.69, 9.17) is 4.74 Å². The van der Waals surface area contributed by atoms with Gasteiger partial charge in [-0.1, -0.05) is 38.2 Å². The number of aromatic nitrogens is 1. The fourth-order valence-electron chi connectivity index (χ4n) is 5.35. The lowest BCUT2D eigenvalue weighted by Crippen LogP contribution is -2.35. The number of amides is 1. The van der Waals surface area contributed by atoms with Crippen LogP contribution in [0.15, 0.2) is 35.1 Å². The third-order valence-electron chi connectivity index (χ3n) is 7.14. The van der Waals surface area contributed by atoms with Crippen molar-refractivity contribution >= 4 is 17.6 Å². The molecule has 0 saturated heterocycles. The average Bonchev–Trinajstić information content (AvgIpc) is 2.82. The van der Waals surface area contributed by atoms with E-state index in [0.29, 0.717) is 23.7 Å². The number of anilines is 1. The van der Waals surface area contributed by atoms with Gasteiger partial charge in [-0.3, -0.25) is 9.59 Å². The number of rotatable bonds is 6. The molecule has 0 unspecified atom stereocenters. The highest BCUT2D eigenvalue weighted by atomic mass is 16.5. The highest BCUT2D eigenvalue weighted by Crippen LogP contribution is 2.27. The van der Waals surface area contributed by atoms with Crippen molar-refractivity contribution in [2.24, 2.45) is 5.92 Å². The highest BCUT2D eigenvalue weighted by molar-refractivity contribution is 6.04. The molecule has 6 heteroatoms. The highest BCUT2D eigenvalue weighted by Gasteiger charge is 2.23. The van der Waals surface area contributed by atoms with Crippen molar-refractivity contribution in [3.8, 4) is 0 Å². The Balaban J connectivity index is 1.65. The molecule has 4 rings (SSSR count). The first-order chi connectivity index (χ1) is 16.6. The van der Waals surface area contributed by atoms with Crippen LogP contribution in [-0.2, 0) is 24.1 Å². The molecule has 1 aromatic carbocycles. The summed E-state index contributed by atoms with van der Waals surface area (Å²) in [4.78, 5) is 39.0. The quantitative estimate of drug-likeness (QED) is 0.571. The Hall–Kier alpha value is -2.89. The monoisotopic (exact) mass is 464 g/mol. The number of carbonyl (C=O) groups is 2. The van der Waals surface area contributed by atoms with Crippen molar-refractivity contribution in [2.45, 2.75) is 84.1 Å². The van der Waals surface area contributed by atoms with Crippen molar-refractivity contribution in [1.29, 1.82) is 0 Å². The van der Waals surface area contributed by atoms with E-state index < -0.39 is 11.9 Å². The fraction of sp³-hybridized carbons (Fsp3) is 0.536. The smallest absolute Gasteiger partial charge is 0.338 e. The molecule has 0 bridgehead atoms. The predicted molar refractivity (Wildman–Crippen MR) is 134 cm³/mol. The van der Waals surface area contributed by atoms with Gasteiger partial charge in [-0.05, 0) is 81.2 Å². The van der Waals surface area contributed by atoms with Gasteiger partial charge in [-0.2, -0.15) is 0 Å². The molecule has 0 spiro atoms. The molecule has 34 heavy (non-hydrogen) atoms. The summed E-state index contributed by atoms with van der Waals surface area (Å²) in [5, 5.41) is 2.84. The summed E-state index contributed by atoms with van der Waals surface area (Å²) in [6.07, 6.45) is 12.4. The van der Waals surface area contributed by atoms with Crippen molar-refractivity contribution < 1.29 is 14.3 Å². The van der Waals surface area contributed by atoms with Crippen molar-refractivity contribution in [2.75, 3.05) is 11.9 Å². The molecule has 6 nitrogen and oxygen atoms in total. The van der Waals surface area contributed by atoms with Gasteiger partial charge in [-0.15, -0.1) is 0 Å². The molecular weight excluding hydrogens is 428 g/mol. The molecule has 1 amide bonds. The molecule has 1 heterocycles. The summed E-state index contributed by atoms with van der Waals surface area (Å²) in [6.45, 7) is 2.74. The summed E-state index contributed by atoms with van der Waals surface area (Å²) in [5.74, 6) is -0.358. The number of aryl methyl sites for hydroxylation is 1. The van der Waals surface area contributed by atoms with Gasteiger partial charge >= 0.3 is 5.97 Å². The Bertz CT molecular complexity index is 1080. The number of esters is 1. The lowest BCUT2D eigenvalue weighted by molar-refractivity contribution is 0.0526. The Labute approximate surface area is 201 Å². The molecule has 1 saturated carbocycles. The third-order valence-corrected chi connectivity index (χ3v) is 7.14. The topological polar surface area (TPSA) is 77.4 Å². The van der Waals surface area contributed by atoms with E-state index in [1.54, 1.807) is 31.2 Å². The second-order valence-corrected chi connectivity index (χ2v) is 9.62. The van der Waals surface area contributed by atoms with Crippen LogP contribution in [0, 0.1) is 5.92 Å². The lowest BCUT2D eigenvalue weighted by Gasteiger charge is -2.26. The maximum atomic E-state index is 13.6. The molecule has 182 valence electrons. The van der Waals surface area contributed by atoms with Gasteiger partial charge in [-0.25, -0.2) is 4.79 Å². The Morgan fingerprint density at radius 3 is 2.50 bits per heavy atom. The van der Waals surface area contributed by atoms with Gasteiger partial charge in [0.1, 0.15) is 5.56 Å². The number of hydrogen-bond donors (Lipinski definition) is 1. The number of hydrogen-bond acceptors (Lipinski definition) is 4. The van der Waals surface area contributed by atoms with Crippen LogP contribution in [0.3, 0.4) is 0 Å². The van der Waals surface area contributed by atoms with Crippen LogP contribution in [-0.4, -0.2) is 23.1 Å². The summed E-state index contributed by atoms with van der Waals surface area (Å²) in [5.41, 5.74) is 3.12. The summed E-state index contributed by atoms with van der Waals surface area (Å²) < 4.78 is 6.99. The van der Waals surface area contributed by atoms with Crippen LogP contribution in [0.5, 0.6) is 0 Å². The molecule has 2 aliphatic rings. The van der Waals surface area contributed by atoms with E-state index in [0.717, 1.165) is 49.8 Å². The first-order valence-corrected chi connectivity index (χ1v) is 12.9. The van der Waals surface area contributed by atoms with Gasteiger partial charge in [0.05, 0.1) is 12.2 Å². The predicted octanol–water partition coefficient (Wildman–Crippen LogP) is 5.52. The molecule has 0 atom stereocenters. The summed E-state index contributed by atoms with van der Waals surface area (Å²) >= 11 is 0. The zero-order chi connectivity index (χ0) is 23.9. The number of nitrogens with zero attached hydrogens (tertiary/aromatic N) is 1. The second kappa shape index (κ2) is 11.5. The van der Waals surface area contributed by atoms with Gasteiger partial charge in [0.15, 0.2) is 0 Å². The number of ether oxygens (including phenoxy) is 1. The van der Waals surface area contributed by atoms with E-state index in [2.05, 4.69) is 5.32 Å². The lowest BCUT2D eigenvalue weighted by atomic mass is 9.88. The van der Waals surface area contributed by atoms with Gasteiger partial charge < -0.3 is 14.6 Å². The normalized spacial score (nSPS) is 16.7. The molecular formula is C28H36N2O4.